The molecule has 1 saturated heterocycles. The Morgan fingerprint density at radius 1 is 1.58 bits per heavy atom. The molecule has 1 fully saturated rings. The molecule has 0 bridgehead atoms. The molecule has 0 unspecified atom stereocenters. The van der Waals surface area contributed by atoms with E-state index in [4.69, 9.17) is 27.9 Å². The first kappa shape index (κ1) is 14.3. The van der Waals surface area contributed by atoms with E-state index in [0.717, 1.165) is 0 Å². The van der Waals surface area contributed by atoms with Gasteiger partial charge in [-0.3, -0.25) is 0 Å². The van der Waals surface area contributed by atoms with Gasteiger partial charge in [-0.2, -0.15) is 0 Å². The van der Waals surface area contributed by atoms with E-state index in [1.165, 1.54) is 16.2 Å². The van der Waals surface area contributed by atoms with Crippen molar-refractivity contribution in [1.82, 2.24) is 14.8 Å². The number of ether oxygens (including phenoxy) is 1. The van der Waals surface area contributed by atoms with Crippen molar-refractivity contribution in [3.05, 3.63) is 24.6 Å². The number of hydrazone groups is 1. The van der Waals surface area contributed by atoms with Crippen molar-refractivity contribution in [3.8, 4) is 0 Å². The van der Waals surface area contributed by atoms with Crippen LogP contribution in [0.2, 0.25) is 9.62 Å². The maximum absolute atomic E-state index is 10.5. The van der Waals surface area contributed by atoms with Crippen LogP contribution < -0.4 is 0 Å². The Labute approximate surface area is 122 Å². The molecule has 0 atom stereocenters. The molecular formula is C8H9Cl2N5O3S. The van der Waals surface area contributed by atoms with Crippen molar-refractivity contribution in [2.24, 2.45) is 5.10 Å². The molecule has 0 amide bonds. The normalized spacial score (nSPS) is 18.2. The lowest BCUT2D eigenvalue weighted by molar-refractivity contribution is -0.486. The molecule has 0 N–H and O–H groups in total. The van der Waals surface area contributed by atoms with E-state index in [2.05, 4.69) is 10.1 Å². The van der Waals surface area contributed by atoms with Crippen molar-refractivity contribution in [2.75, 3.05) is 20.5 Å². The van der Waals surface area contributed by atoms with Gasteiger partial charge in [0.25, 0.3) is 5.96 Å². The van der Waals surface area contributed by atoms with Gasteiger partial charge in [-0.25, -0.2) is 15.1 Å². The van der Waals surface area contributed by atoms with Crippen LogP contribution in [0.15, 0.2) is 5.10 Å². The van der Waals surface area contributed by atoms with Crippen molar-refractivity contribution in [1.29, 1.82) is 0 Å². The number of aromatic nitrogens is 1. The Bertz CT molecular complexity index is 522. The van der Waals surface area contributed by atoms with Gasteiger partial charge in [-0.1, -0.05) is 23.2 Å². The largest absolute Gasteiger partial charge is 0.341 e. The standard InChI is InChI=1S/C8H9Cl2N5O3S/c1-13-3-18-4-14(8(13)12-15(16)17)2-5-6(9)11-7(10)19-5/h2-4H2,1H3/b12-8-. The third kappa shape index (κ3) is 3.44. The van der Waals surface area contributed by atoms with E-state index in [9.17, 15) is 10.1 Å². The summed E-state index contributed by atoms with van der Waals surface area (Å²) in [5.74, 6) is 0.205. The van der Waals surface area contributed by atoms with Crippen LogP contribution in [0.3, 0.4) is 0 Å². The second-order valence-corrected chi connectivity index (χ2v) is 5.70. The van der Waals surface area contributed by atoms with E-state index in [-0.39, 0.29) is 24.6 Å². The summed E-state index contributed by atoms with van der Waals surface area (Å²) in [6.45, 7) is 0.712. The molecule has 0 saturated carbocycles. The molecule has 0 aromatic carbocycles. The molecule has 2 rings (SSSR count). The van der Waals surface area contributed by atoms with Crippen LogP contribution in [0.1, 0.15) is 4.88 Å². The summed E-state index contributed by atoms with van der Waals surface area (Å²) in [4.78, 5) is 18.2. The Balaban J connectivity index is 2.21. The third-order valence-corrected chi connectivity index (χ3v) is 3.85. The van der Waals surface area contributed by atoms with Crippen LogP contribution in [0.25, 0.3) is 0 Å². The summed E-state index contributed by atoms with van der Waals surface area (Å²) in [5.41, 5.74) is 0. The highest BCUT2D eigenvalue weighted by atomic mass is 35.5. The van der Waals surface area contributed by atoms with Gasteiger partial charge in [0, 0.05) is 7.05 Å². The van der Waals surface area contributed by atoms with Gasteiger partial charge in [-0.15, -0.1) is 11.3 Å². The molecule has 0 radical (unpaired) electrons. The van der Waals surface area contributed by atoms with Gasteiger partial charge >= 0.3 is 0 Å². The van der Waals surface area contributed by atoms with Gasteiger partial charge in [-0.05, 0) is 0 Å². The predicted molar refractivity (Wildman–Crippen MR) is 70.7 cm³/mol. The zero-order chi connectivity index (χ0) is 14.0. The van der Waals surface area contributed by atoms with Crippen molar-refractivity contribution >= 4 is 40.5 Å². The molecule has 19 heavy (non-hydrogen) atoms. The summed E-state index contributed by atoms with van der Waals surface area (Å²) in [6.07, 6.45) is 0. The number of nitrogens with zero attached hydrogens (tertiary/aromatic N) is 5. The highest BCUT2D eigenvalue weighted by molar-refractivity contribution is 7.16. The second-order valence-electron chi connectivity index (χ2n) is 3.68. The first-order valence-electron chi connectivity index (χ1n) is 5.05. The van der Waals surface area contributed by atoms with Gasteiger partial charge in [0.2, 0.25) is 0 Å². The van der Waals surface area contributed by atoms with Gasteiger partial charge in [0.05, 0.1) is 11.4 Å². The Morgan fingerprint density at radius 3 is 2.89 bits per heavy atom. The van der Waals surface area contributed by atoms with Gasteiger partial charge in [0.1, 0.15) is 23.7 Å². The number of rotatable bonds is 3. The molecule has 104 valence electrons. The van der Waals surface area contributed by atoms with Gasteiger partial charge < -0.3 is 14.5 Å². The first-order valence-corrected chi connectivity index (χ1v) is 6.62. The van der Waals surface area contributed by atoms with Crippen molar-refractivity contribution in [3.63, 3.8) is 0 Å². The van der Waals surface area contributed by atoms with E-state index in [0.29, 0.717) is 15.9 Å². The van der Waals surface area contributed by atoms with Crippen LogP contribution in [0.5, 0.6) is 0 Å². The van der Waals surface area contributed by atoms with Crippen LogP contribution in [-0.4, -0.2) is 46.3 Å². The zero-order valence-electron chi connectivity index (χ0n) is 9.75. The van der Waals surface area contributed by atoms with Crippen molar-refractivity contribution < 1.29 is 9.77 Å². The smallest absolute Gasteiger partial charge is 0.277 e. The number of guanidine groups is 1. The minimum absolute atomic E-state index is 0.183. The SMILES string of the molecule is CN1COCN(Cc2sc(Cl)nc2Cl)/C1=N\[N+](=O)[O-]. The van der Waals surface area contributed by atoms with E-state index >= 15 is 0 Å². The molecule has 1 aliphatic heterocycles. The second kappa shape index (κ2) is 5.87. The molecule has 11 heteroatoms. The Kier molecular flexibility index (Phi) is 4.40. The lowest BCUT2D eigenvalue weighted by Gasteiger charge is -2.34. The minimum atomic E-state index is -0.745. The highest BCUT2D eigenvalue weighted by Gasteiger charge is 2.26. The van der Waals surface area contributed by atoms with Crippen LogP contribution in [-0.2, 0) is 11.3 Å². The monoisotopic (exact) mass is 325 g/mol. The Hall–Kier alpha value is -1.16. The van der Waals surface area contributed by atoms with Crippen molar-refractivity contribution in [2.45, 2.75) is 6.54 Å². The van der Waals surface area contributed by atoms with E-state index in [1.54, 1.807) is 11.9 Å². The average Bonchev–Trinajstić information content (AvgIpc) is 2.62. The topological polar surface area (TPSA) is 84.1 Å². The third-order valence-electron chi connectivity index (χ3n) is 2.29. The minimum Gasteiger partial charge on any atom is -0.341 e. The van der Waals surface area contributed by atoms with Crippen LogP contribution in [0, 0.1) is 10.1 Å². The summed E-state index contributed by atoms with van der Waals surface area (Å²) in [6, 6.07) is 0. The van der Waals surface area contributed by atoms with E-state index < -0.39 is 5.03 Å². The molecule has 8 nitrogen and oxygen atoms in total. The average molecular weight is 326 g/mol. The number of hydrogen-bond acceptors (Lipinski definition) is 5. The summed E-state index contributed by atoms with van der Waals surface area (Å²) >= 11 is 12.9. The van der Waals surface area contributed by atoms with Crippen LogP contribution >= 0.6 is 34.5 Å². The quantitative estimate of drug-likeness (QED) is 0.621. The predicted octanol–water partition coefficient (Wildman–Crippen LogP) is 1.68. The maximum Gasteiger partial charge on any atom is 0.277 e. The molecule has 0 aliphatic carbocycles. The summed E-state index contributed by atoms with van der Waals surface area (Å²) in [7, 11) is 1.65. The lowest BCUT2D eigenvalue weighted by atomic mass is 10.4. The Morgan fingerprint density at radius 2 is 2.32 bits per heavy atom. The summed E-state index contributed by atoms with van der Waals surface area (Å²) in [5, 5.41) is 13.4. The van der Waals surface area contributed by atoms with Gasteiger partial charge in [0.15, 0.2) is 9.50 Å². The molecule has 1 aliphatic rings. The molecule has 1 aromatic rings. The number of hydrogen-bond donors (Lipinski definition) is 0. The fourth-order valence-corrected chi connectivity index (χ4v) is 2.96. The first-order chi connectivity index (χ1) is 8.97. The molecule has 1 aromatic heterocycles. The van der Waals surface area contributed by atoms with Crippen LogP contribution in [0.4, 0.5) is 0 Å². The lowest BCUT2D eigenvalue weighted by Crippen LogP contribution is -2.49. The maximum atomic E-state index is 10.5. The number of thiazole rings is 1. The molecule has 2 heterocycles. The summed E-state index contributed by atoms with van der Waals surface area (Å²) < 4.78 is 5.60. The highest BCUT2D eigenvalue weighted by Crippen LogP contribution is 2.28. The van der Waals surface area contributed by atoms with E-state index in [1.807, 2.05) is 0 Å². The zero-order valence-corrected chi connectivity index (χ0v) is 12.1. The molecule has 0 spiro atoms. The fraction of sp³-hybridized carbons (Fsp3) is 0.500. The fourth-order valence-electron chi connectivity index (χ4n) is 1.55. The molecular weight excluding hydrogens is 317 g/mol. The number of halogens is 2. The number of nitro groups is 1.